The molecular weight excluding hydrogens is 381 g/mol. The lowest BCUT2D eigenvalue weighted by Crippen LogP contribution is -2.43. The van der Waals surface area contributed by atoms with Crippen molar-refractivity contribution in [2.45, 2.75) is 25.8 Å². The molecule has 2 aromatic carbocycles. The van der Waals surface area contributed by atoms with E-state index < -0.39 is 0 Å². The molecule has 1 aliphatic heterocycles. The number of nitrogens with zero attached hydrogens (tertiary/aromatic N) is 1. The minimum absolute atomic E-state index is 0. The molecule has 3 N–H and O–H groups in total. The van der Waals surface area contributed by atoms with Crippen LogP contribution >= 0.6 is 12.4 Å². The van der Waals surface area contributed by atoms with Crippen LogP contribution in [0.25, 0.3) is 0 Å². The van der Waals surface area contributed by atoms with Crippen molar-refractivity contribution in [1.29, 1.82) is 0 Å². The summed E-state index contributed by atoms with van der Waals surface area (Å²) >= 11 is 0. The molecule has 0 unspecified atom stereocenters. The topological polar surface area (TPSA) is 75.4 Å². The lowest BCUT2D eigenvalue weighted by molar-refractivity contribution is -0.135. The van der Waals surface area contributed by atoms with Gasteiger partial charge in [-0.2, -0.15) is 0 Å². The first-order valence-corrected chi connectivity index (χ1v) is 9.15. The molecule has 5 nitrogen and oxygen atoms in total. The van der Waals surface area contributed by atoms with Gasteiger partial charge in [0, 0.05) is 31.2 Å². The Balaban J connectivity index is 0.00000280. The maximum Gasteiger partial charge on any atom is 0.226 e. The van der Waals surface area contributed by atoms with Crippen molar-refractivity contribution in [3.63, 3.8) is 0 Å². The van der Waals surface area contributed by atoms with Crippen molar-refractivity contribution in [2.24, 2.45) is 5.92 Å². The summed E-state index contributed by atoms with van der Waals surface area (Å²) in [6, 6.07) is 13.4. The van der Waals surface area contributed by atoms with Crippen LogP contribution in [0.1, 0.15) is 24.0 Å². The Morgan fingerprint density at radius 3 is 2.18 bits per heavy atom. The van der Waals surface area contributed by atoms with E-state index in [1.807, 2.05) is 17.0 Å². The van der Waals surface area contributed by atoms with E-state index in [4.69, 9.17) is 5.73 Å². The van der Waals surface area contributed by atoms with Crippen LogP contribution < -0.4 is 11.1 Å². The SMILES string of the molecule is Cl.Nc1ccc(CC(=O)N2CCC(C(=O)NCc3ccc(F)cc3)CC2)cc1. The van der Waals surface area contributed by atoms with Crippen molar-refractivity contribution in [1.82, 2.24) is 10.2 Å². The highest BCUT2D eigenvalue weighted by molar-refractivity contribution is 5.85. The molecule has 28 heavy (non-hydrogen) atoms. The highest BCUT2D eigenvalue weighted by atomic mass is 35.5. The van der Waals surface area contributed by atoms with Crippen molar-refractivity contribution in [3.8, 4) is 0 Å². The normalized spacial score (nSPS) is 14.2. The second kappa shape index (κ2) is 10.1. The van der Waals surface area contributed by atoms with Gasteiger partial charge in [0.25, 0.3) is 0 Å². The number of nitrogen functional groups attached to an aromatic ring is 1. The first-order chi connectivity index (χ1) is 13.0. The van der Waals surface area contributed by atoms with Gasteiger partial charge in [0.15, 0.2) is 0 Å². The number of carbonyl (C=O) groups is 2. The number of carbonyl (C=O) groups excluding carboxylic acids is 2. The van der Waals surface area contributed by atoms with Crippen LogP contribution in [0.2, 0.25) is 0 Å². The number of nitrogens with two attached hydrogens (primary N) is 1. The Labute approximate surface area is 170 Å². The zero-order valence-corrected chi connectivity index (χ0v) is 16.4. The van der Waals surface area contributed by atoms with E-state index >= 15 is 0 Å². The molecule has 1 fully saturated rings. The number of nitrogens with one attached hydrogen (secondary N) is 1. The molecule has 7 heteroatoms. The number of anilines is 1. The Morgan fingerprint density at radius 2 is 1.57 bits per heavy atom. The van der Waals surface area contributed by atoms with Crippen LogP contribution in [-0.4, -0.2) is 29.8 Å². The number of rotatable bonds is 5. The highest BCUT2D eigenvalue weighted by Crippen LogP contribution is 2.19. The van der Waals surface area contributed by atoms with Crippen molar-refractivity contribution < 1.29 is 14.0 Å². The van der Waals surface area contributed by atoms with Crippen LogP contribution in [0.4, 0.5) is 10.1 Å². The fraction of sp³-hybridized carbons (Fsp3) is 0.333. The molecule has 1 saturated heterocycles. The standard InChI is InChI=1S/C21H24FN3O2.ClH/c22-18-5-1-16(2-6-18)14-24-21(27)17-9-11-25(12-10-17)20(26)13-15-3-7-19(23)8-4-15;/h1-8,17H,9-14,23H2,(H,24,27);1H. The average molecular weight is 406 g/mol. The Kier molecular flexibility index (Phi) is 7.81. The molecule has 0 spiro atoms. The van der Waals surface area contributed by atoms with Crippen molar-refractivity contribution >= 4 is 29.9 Å². The van der Waals surface area contributed by atoms with Crippen LogP contribution in [0.3, 0.4) is 0 Å². The second-order valence-electron chi connectivity index (χ2n) is 6.92. The summed E-state index contributed by atoms with van der Waals surface area (Å²) in [6.45, 7) is 1.56. The van der Waals surface area contributed by atoms with Gasteiger partial charge < -0.3 is 16.0 Å². The quantitative estimate of drug-likeness (QED) is 0.751. The zero-order valence-electron chi connectivity index (χ0n) is 15.6. The third-order valence-corrected chi connectivity index (χ3v) is 4.93. The third kappa shape index (κ3) is 5.96. The fourth-order valence-corrected chi connectivity index (χ4v) is 3.25. The molecule has 150 valence electrons. The van der Waals surface area contributed by atoms with Crippen molar-refractivity contribution in [3.05, 3.63) is 65.5 Å². The summed E-state index contributed by atoms with van der Waals surface area (Å²) < 4.78 is 12.9. The highest BCUT2D eigenvalue weighted by Gasteiger charge is 2.27. The number of hydrogen-bond acceptors (Lipinski definition) is 3. The van der Waals surface area contributed by atoms with E-state index in [-0.39, 0.29) is 36.0 Å². The monoisotopic (exact) mass is 405 g/mol. The minimum Gasteiger partial charge on any atom is -0.399 e. The van der Waals surface area contributed by atoms with Gasteiger partial charge in [0.2, 0.25) is 11.8 Å². The third-order valence-electron chi connectivity index (χ3n) is 4.93. The first kappa shape index (κ1) is 21.7. The number of amides is 2. The molecule has 0 aromatic heterocycles. The predicted molar refractivity (Wildman–Crippen MR) is 109 cm³/mol. The van der Waals surface area contributed by atoms with Gasteiger partial charge >= 0.3 is 0 Å². The summed E-state index contributed by atoms with van der Waals surface area (Å²) in [4.78, 5) is 26.6. The van der Waals surface area contributed by atoms with Gasteiger partial charge in [-0.1, -0.05) is 24.3 Å². The molecule has 0 bridgehead atoms. The van der Waals surface area contributed by atoms with E-state index in [9.17, 15) is 14.0 Å². The molecule has 2 amide bonds. The van der Waals surface area contributed by atoms with Gasteiger partial charge in [-0.25, -0.2) is 4.39 Å². The number of hydrogen-bond donors (Lipinski definition) is 2. The summed E-state index contributed by atoms with van der Waals surface area (Å²) in [5.74, 6) is -0.318. The largest absolute Gasteiger partial charge is 0.399 e. The van der Waals surface area contributed by atoms with E-state index in [1.54, 1.807) is 24.3 Å². The van der Waals surface area contributed by atoms with E-state index in [2.05, 4.69) is 5.32 Å². The van der Waals surface area contributed by atoms with Crippen LogP contribution in [0, 0.1) is 11.7 Å². The molecular formula is C21H25ClFN3O2. The Morgan fingerprint density at radius 1 is 1.00 bits per heavy atom. The lowest BCUT2D eigenvalue weighted by Gasteiger charge is -2.31. The summed E-state index contributed by atoms with van der Waals surface area (Å²) in [7, 11) is 0. The number of piperidine rings is 1. The molecule has 0 saturated carbocycles. The molecule has 0 atom stereocenters. The summed E-state index contributed by atoms with van der Waals surface area (Å²) in [5.41, 5.74) is 8.14. The van der Waals surface area contributed by atoms with Crippen LogP contribution in [0.15, 0.2) is 48.5 Å². The van der Waals surface area contributed by atoms with E-state index in [0.717, 1.165) is 11.1 Å². The van der Waals surface area contributed by atoms with E-state index in [1.165, 1.54) is 12.1 Å². The smallest absolute Gasteiger partial charge is 0.226 e. The Hall–Kier alpha value is -2.60. The van der Waals surface area contributed by atoms with Gasteiger partial charge in [0.05, 0.1) is 6.42 Å². The predicted octanol–water partition coefficient (Wildman–Crippen LogP) is 2.93. The van der Waals surface area contributed by atoms with Gasteiger partial charge in [0.1, 0.15) is 5.82 Å². The molecule has 3 rings (SSSR count). The summed E-state index contributed by atoms with van der Waals surface area (Å²) in [5, 5.41) is 2.90. The summed E-state index contributed by atoms with van der Waals surface area (Å²) in [6.07, 6.45) is 1.66. The average Bonchev–Trinajstić information content (AvgIpc) is 2.69. The zero-order chi connectivity index (χ0) is 19.2. The van der Waals surface area contributed by atoms with Crippen LogP contribution in [-0.2, 0) is 22.6 Å². The van der Waals surface area contributed by atoms with Gasteiger partial charge in [-0.3, -0.25) is 9.59 Å². The Bertz CT molecular complexity index is 788. The molecule has 1 heterocycles. The maximum absolute atomic E-state index is 12.9. The molecule has 0 aliphatic carbocycles. The number of likely N-dealkylation sites (tertiary alicyclic amines) is 1. The molecule has 2 aromatic rings. The minimum atomic E-state index is -0.291. The first-order valence-electron chi connectivity index (χ1n) is 9.15. The maximum atomic E-state index is 12.9. The fourth-order valence-electron chi connectivity index (χ4n) is 3.25. The van der Waals surface area contributed by atoms with Crippen LogP contribution in [0.5, 0.6) is 0 Å². The van der Waals surface area contributed by atoms with Gasteiger partial charge in [-0.15, -0.1) is 12.4 Å². The lowest BCUT2D eigenvalue weighted by atomic mass is 9.95. The number of benzene rings is 2. The van der Waals surface area contributed by atoms with Crippen molar-refractivity contribution in [2.75, 3.05) is 18.8 Å². The second-order valence-corrected chi connectivity index (χ2v) is 6.92. The molecule has 0 radical (unpaired) electrons. The number of halogens is 2. The molecule has 1 aliphatic rings. The van der Waals surface area contributed by atoms with Gasteiger partial charge in [-0.05, 0) is 48.2 Å². The van der Waals surface area contributed by atoms with E-state index in [0.29, 0.717) is 44.6 Å².